The summed E-state index contributed by atoms with van der Waals surface area (Å²) in [6, 6.07) is 3.30. The molecule has 0 aromatic carbocycles. The molecule has 1 unspecified atom stereocenters. The number of aliphatic carboxylic acids is 1. The predicted molar refractivity (Wildman–Crippen MR) is 83.0 cm³/mol. The van der Waals surface area contributed by atoms with Crippen molar-refractivity contribution < 1.29 is 14.7 Å². The molecule has 120 valence electrons. The Bertz CT molecular complexity index is 552. The molecule has 2 rings (SSSR count). The molecule has 0 spiro atoms. The van der Waals surface area contributed by atoms with E-state index in [1.165, 1.54) is 6.20 Å². The van der Waals surface area contributed by atoms with Crippen LogP contribution in [0.25, 0.3) is 0 Å². The van der Waals surface area contributed by atoms with Gasteiger partial charge in [0.1, 0.15) is 5.82 Å². The van der Waals surface area contributed by atoms with Crippen molar-refractivity contribution in [1.82, 2.24) is 15.2 Å². The van der Waals surface area contributed by atoms with E-state index in [9.17, 15) is 9.59 Å². The summed E-state index contributed by atoms with van der Waals surface area (Å²) in [6.07, 6.45) is 2.27. The third-order valence-electron chi connectivity index (χ3n) is 3.58. The molecule has 1 aliphatic heterocycles. The normalized spacial score (nSPS) is 21.7. The number of likely N-dealkylation sites (tertiary alicyclic amines) is 1. The number of carboxylic acid groups (broad SMARTS) is 1. The van der Waals surface area contributed by atoms with Crippen LogP contribution in [0.3, 0.4) is 0 Å². The van der Waals surface area contributed by atoms with Gasteiger partial charge in [-0.1, -0.05) is 11.6 Å². The Labute approximate surface area is 133 Å². The third-order valence-corrected chi connectivity index (χ3v) is 3.80. The monoisotopic (exact) mass is 326 g/mol. The number of rotatable bonds is 6. The average Bonchev–Trinajstić information content (AvgIpc) is 2.81. The largest absolute Gasteiger partial charge is 0.480 e. The third kappa shape index (κ3) is 4.94. The van der Waals surface area contributed by atoms with E-state index < -0.39 is 5.97 Å². The quantitative estimate of drug-likeness (QED) is 0.716. The number of hydrogen-bond donors (Lipinski definition) is 3. The number of aromatic nitrogens is 1. The standard InChI is InChI=1S/C14H19ClN4O3/c1-14(17-7-13(21)22)4-5-19(9-14)8-12(20)18-11-3-2-10(15)6-16-11/h2-3,6,17H,4-5,7-9H2,1H3,(H,21,22)(H,16,18,20). The van der Waals surface area contributed by atoms with Gasteiger partial charge in [-0.2, -0.15) is 0 Å². The number of carbonyl (C=O) groups is 2. The second kappa shape index (κ2) is 7.04. The summed E-state index contributed by atoms with van der Waals surface area (Å²) in [7, 11) is 0. The fourth-order valence-electron chi connectivity index (χ4n) is 2.46. The molecule has 0 aliphatic carbocycles. The Balaban J connectivity index is 1.80. The van der Waals surface area contributed by atoms with Gasteiger partial charge in [0.05, 0.1) is 18.1 Å². The first-order valence-electron chi connectivity index (χ1n) is 6.97. The molecule has 1 aliphatic rings. The van der Waals surface area contributed by atoms with Crippen LogP contribution in [-0.4, -0.2) is 58.6 Å². The van der Waals surface area contributed by atoms with Gasteiger partial charge in [0, 0.05) is 24.8 Å². The minimum Gasteiger partial charge on any atom is -0.480 e. The Morgan fingerprint density at radius 3 is 2.91 bits per heavy atom. The molecule has 1 aromatic rings. The van der Waals surface area contributed by atoms with E-state index in [-0.39, 0.29) is 24.5 Å². The molecule has 1 saturated heterocycles. The van der Waals surface area contributed by atoms with E-state index in [0.29, 0.717) is 17.4 Å². The molecule has 0 bridgehead atoms. The lowest BCUT2D eigenvalue weighted by atomic mass is 10.0. The highest BCUT2D eigenvalue weighted by atomic mass is 35.5. The first-order chi connectivity index (χ1) is 10.4. The van der Waals surface area contributed by atoms with Gasteiger partial charge in [0.15, 0.2) is 0 Å². The van der Waals surface area contributed by atoms with Crippen LogP contribution in [0.5, 0.6) is 0 Å². The Hall–Kier alpha value is -1.70. The van der Waals surface area contributed by atoms with Crippen LogP contribution in [0.15, 0.2) is 18.3 Å². The summed E-state index contributed by atoms with van der Waals surface area (Å²) in [5.74, 6) is -0.580. The van der Waals surface area contributed by atoms with E-state index in [2.05, 4.69) is 15.6 Å². The molecule has 7 nitrogen and oxygen atoms in total. The van der Waals surface area contributed by atoms with Crippen molar-refractivity contribution in [2.75, 3.05) is 31.5 Å². The number of carboxylic acids is 1. The van der Waals surface area contributed by atoms with Crippen molar-refractivity contribution in [3.63, 3.8) is 0 Å². The van der Waals surface area contributed by atoms with E-state index in [1.54, 1.807) is 12.1 Å². The summed E-state index contributed by atoms with van der Waals surface area (Å²) in [5, 5.41) is 15.0. The smallest absolute Gasteiger partial charge is 0.317 e. The topological polar surface area (TPSA) is 94.6 Å². The highest BCUT2D eigenvalue weighted by Gasteiger charge is 2.34. The maximum Gasteiger partial charge on any atom is 0.317 e. The lowest BCUT2D eigenvalue weighted by Crippen LogP contribution is -2.47. The van der Waals surface area contributed by atoms with Crippen LogP contribution in [0.1, 0.15) is 13.3 Å². The van der Waals surface area contributed by atoms with E-state index in [4.69, 9.17) is 16.7 Å². The maximum atomic E-state index is 12.0. The van der Waals surface area contributed by atoms with Crippen LogP contribution in [0, 0.1) is 0 Å². The molecule has 2 heterocycles. The SMILES string of the molecule is CC1(NCC(=O)O)CCN(CC(=O)Nc2ccc(Cl)cn2)C1. The summed E-state index contributed by atoms with van der Waals surface area (Å²) < 4.78 is 0. The fraction of sp³-hybridized carbons (Fsp3) is 0.500. The van der Waals surface area contributed by atoms with Crippen molar-refractivity contribution in [3.8, 4) is 0 Å². The molecule has 0 radical (unpaired) electrons. The van der Waals surface area contributed by atoms with Crippen LogP contribution in [0.4, 0.5) is 5.82 Å². The maximum absolute atomic E-state index is 12.0. The number of carbonyl (C=O) groups excluding carboxylic acids is 1. The number of halogens is 1. The molecule has 3 N–H and O–H groups in total. The molecule has 1 fully saturated rings. The zero-order chi connectivity index (χ0) is 16.2. The van der Waals surface area contributed by atoms with Gasteiger partial charge >= 0.3 is 5.97 Å². The molecule has 0 saturated carbocycles. The first kappa shape index (κ1) is 16.7. The lowest BCUT2D eigenvalue weighted by Gasteiger charge is -2.25. The Morgan fingerprint density at radius 1 is 1.50 bits per heavy atom. The lowest BCUT2D eigenvalue weighted by molar-refractivity contribution is -0.136. The highest BCUT2D eigenvalue weighted by molar-refractivity contribution is 6.30. The molecule has 22 heavy (non-hydrogen) atoms. The zero-order valence-corrected chi connectivity index (χ0v) is 13.1. The van der Waals surface area contributed by atoms with Crippen molar-refractivity contribution in [1.29, 1.82) is 0 Å². The number of nitrogens with one attached hydrogen (secondary N) is 2. The van der Waals surface area contributed by atoms with Gasteiger partial charge in [-0.05, 0) is 25.5 Å². The number of hydrogen-bond acceptors (Lipinski definition) is 5. The van der Waals surface area contributed by atoms with Gasteiger partial charge in [-0.15, -0.1) is 0 Å². The molecule has 1 aromatic heterocycles. The van der Waals surface area contributed by atoms with Crippen molar-refractivity contribution >= 4 is 29.3 Å². The minimum atomic E-state index is -0.883. The zero-order valence-electron chi connectivity index (χ0n) is 12.3. The van der Waals surface area contributed by atoms with Gasteiger partial charge in [0.2, 0.25) is 5.91 Å². The molecule has 1 atom stereocenters. The second-order valence-corrected chi connectivity index (χ2v) is 6.11. The van der Waals surface area contributed by atoms with Gasteiger partial charge in [-0.25, -0.2) is 4.98 Å². The van der Waals surface area contributed by atoms with Gasteiger partial charge in [-0.3, -0.25) is 14.5 Å². The van der Waals surface area contributed by atoms with Gasteiger partial charge in [0.25, 0.3) is 0 Å². The Kier molecular flexibility index (Phi) is 5.33. The number of pyridine rings is 1. The van der Waals surface area contributed by atoms with Crippen LogP contribution < -0.4 is 10.6 Å². The predicted octanol–water partition coefficient (Wildman–Crippen LogP) is 0.812. The summed E-state index contributed by atoms with van der Waals surface area (Å²) in [5.41, 5.74) is -0.281. The van der Waals surface area contributed by atoms with E-state index in [1.807, 2.05) is 11.8 Å². The van der Waals surface area contributed by atoms with Crippen LogP contribution >= 0.6 is 11.6 Å². The van der Waals surface area contributed by atoms with Crippen molar-refractivity contribution in [2.45, 2.75) is 18.9 Å². The fourth-order valence-corrected chi connectivity index (χ4v) is 2.57. The Morgan fingerprint density at radius 2 is 2.27 bits per heavy atom. The highest BCUT2D eigenvalue weighted by Crippen LogP contribution is 2.20. The van der Waals surface area contributed by atoms with Crippen molar-refractivity contribution in [3.05, 3.63) is 23.4 Å². The summed E-state index contributed by atoms with van der Waals surface area (Å²) >= 11 is 5.74. The number of amides is 1. The minimum absolute atomic E-state index is 0.0781. The first-order valence-corrected chi connectivity index (χ1v) is 7.35. The summed E-state index contributed by atoms with van der Waals surface area (Å²) in [4.78, 5) is 28.6. The van der Waals surface area contributed by atoms with E-state index in [0.717, 1.165) is 13.0 Å². The average molecular weight is 327 g/mol. The number of nitrogens with zero attached hydrogens (tertiary/aromatic N) is 2. The summed E-state index contributed by atoms with van der Waals surface area (Å²) in [6.45, 7) is 3.50. The van der Waals surface area contributed by atoms with E-state index >= 15 is 0 Å². The molecular formula is C14H19ClN4O3. The second-order valence-electron chi connectivity index (χ2n) is 5.68. The number of anilines is 1. The molecular weight excluding hydrogens is 308 g/mol. The molecule has 1 amide bonds. The molecule has 8 heteroatoms. The van der Waals surface area contributed by atoms with Crippen molar-refractivity contribution in [2.24, 2.45) is 0 Å². The van der Waals surface area contributed by atoms with Crippen LogP contribution in [0.2, 0.25) is 5.02 Å². The van der Waals surface area contributed by atoms with Gasteiger partial charge < -0.3 is 15.7 Å². The van der Waals surface area contributed by atoms with Crippen LogP contribution in [-0.2, 0) is 9.59 Å².